The highest BCUT2D eigenvalue weighted by Crippen LogP contribution is 2.35. The number of carbonyl (C=O) groups is 1. The van der Waals surface area contributed by atoms with E-state index < -0.39 is 0 Å². The van der Waals surface area contributed by atoms with E-state index in [0.717, 1.165) is 0 Å². The van der Waals surface area contributed by atoms with Crippen molar-refractivity contribution in [3.05, 3.63) is 12.2 Å². The van der Waals surface area contributed by atoms with E-state index in [2.05, 4.69) is 6.08 Å². The second-order valence-corrected chi connectivity index (χ2v) is 2.72. The van der Waals surface area contributed by atoms with Gasteiger partial charge in [-0.2, -0.15) is 0 Å². The third kappa shape index (κ3) is 0.508. The molecule has 0 radical (unpaired) electrons. The molecule has 0 spiro atoms. The Balaban J connectivity index is 2.00. The molecule has 0 saturated carbocycles. The fraction of sp³-hybridized carbons (Fsp3) is 0.571. The van der Waals surface area contributed by atoms with Gasteiger partial charge in [-0.25, -0.2) is 0 Å². The van der Waals surface area contributed by atoms with Crippen molar-refractivity contribution in [1.82, 2.24) is 4.90 Å². The lowest BCUT2D eigenvalue weighted by Crippen LogP contribution is -2.63. The predicted molar refractivity (Wildman–Crippen MR) is 37.2 cm³/mol. The Morgan fingerprint density at radius 2 is 2.40 bits per heavy atom. The maximum Gasteiger partial charge on any atom is 0.232 e. The summed E-state index contributed by atoms with van der Waals surface area (Å²) in [6, 6.07) is 0.399. The minimum absolute atomic E-state index is 0.214. The van der Waals surface area contributed by atoms with Crippen LogP contribution in [-0.2, 0) is 4.79 Å². The van der Waals surface area contributed by atoms with Crippen molar-refractivity contribution in [1.29, 1.82) is 0 Å². The Morgan fingerprint density at radius 1 is 1.60 bits per heavy atom. The van der Waals surface area contributed by atoms with Gasteiger partial charge in [0.1, 0.15) is 0 Å². The minimum atomic E-state index is 0.214. The number of amides is 1. The molecule has 1 aliphatic heterocycles. The van der Waals surface area contributed by atoms with Gasteiger partial charge in [-0.1, -0.05) is 12.2 Å². The Morgan fingerprint density at radius 3 is 2.80 bits per heavy atom. The number of nitrogens with two attached hydrogens (primary N) is 1. The second kappa shape index (κ2) is 1.83. The molecule has 0 aromatic heterocycles. The van der Waals surface area contributed by atoms with Crippen LogP contribution in [0.1, 0.15) is 0 Å². The third-order valence-electron chi connectivity index (χ3n) is 2.18. The fourth-order valence-corrected chi connectivity index (χ4v) is 1.50. The zero-order chi connectivity index (χ0) is 7.14. The largest absolute Gasteiger partial charge is 0.333 e. The van der Waals surface area contributed by atoms with Crippen molar-refractivity contribution < 1.29 is 4.79 Å². The van der Waals surface area contributed by atoms with Crippen LogP contribution in [0.5, 0.6) is 0 Å². The zero-order valence-electron chi connectivity index (χ0n) is 5.66. The number of carbonyl (C=O) groups excluding carboxylic acids is 1. The molecule has 2 N–H and O–H groups in total. The molecule has 10 heavy (non-hydrogen) atoms. The monoisotopic (exact) mass is 138 g/mol. The van der Waals surface area contributed by atoms with Crippen molar-refractivity contribution in [2.45, 2.75) is 6.04 Å². The maximum atomic E-state index is 11.0. The highest BCUT2D eigenvalue weighted by atomic mass is 16.2. The highest BCUT2D eigenvalue weighted by molar-refractivity contribution is 5.90. The van der Waals surface area contributed by atoms with E-state index in [1.165, 1.54) is 0 Å². The first-order chi connectivity index (χ1) is 4.84. The third-order valence-corrected chi connectivity index (χ3v) is 2.18. The summed E-state index contributed by atoms with van der Waals surface area (Å²) in [5.41, 5.74) is 5.31. The van der Waals surface area contributed by atoms with Crippen LogP contribution >= 0.6 is 0 Å². The molecule has 3 nitrogen and oxygen atoms in total. The molecule has 0 aromatic rings. The molecule has 1 amide bonds. The van der Waals surface area contributed by atoms with Crippen molar-refractivity contribution in [2.24, 2.45) is 11.7 Å². The van der Waals surface area contributed by atoms with Crippen molar-refractivity contribution >= 4 is 5.91 Å². The van der Waals surface area contributed by atoms with Gasteiger partial charge in [0.15, 0.2) is 0 Å². The Kier molecular flexibility index (Phi) is 1.08. The molecule has 2 rings (SSSR count). The van der Waals surface area contributed by atoms with Gasteiger partial charge >= 0.3 is 0 Å². The topological polar surface area (TPSA) is 46.3 Å². The van der Waals surface area contributed by atoms with Crippen LogP contribution in [0, 0.1) is 5.92 Å². The highest BCUT2D eigenvalue weighted by Gasteiger charge is 2.48. The first-order valence-electron chi connectivity index (χ1n) is 3.53. The molecule has 1 aliphatic carbocycles. The first-order valence-corrected chi connectivity index (χ1v) is 3.53. The standard InChI is InChI=1S/C7H10N2O/c8-3-4-9-6-2-1-5(6)7(9)10/h1-2,5-6H,3-4,8H2/t5-,6?/m1/s1. The molecule has 3 heteroatoms. The average molecular weight is 138 g/mol. The van der Waals surface area contributed by atoms with E-state index in [1.807, 2.05) is 11.0 Å². The summed E-state index contributed by atoms with van der Waals surface area (Å²) in [5, 5.41) is 0. The summed E-state index contributed by atoms with van der Waals surface area (Å²) in [6.45, 7) is 1.28. The predicted octanol–water partition coefficient (Wildman–Crippen LogP) is -0.658. The molecule has 1 unspecified atom stereocenters. The fourth-order valence-electron chi connectivity index (χ4n) is 1.50. The molecule has 2 aliphatic rings. The molecule has 0 aromatic carbocycles. The van der Waals surface area contributed by atoms with Gasteiger partial charge in [-0.15, -0.1) is 0 Å². The quantitative estimate of drug-likeness (QED) is 0.407. The Bertz CT molecular complexity index is 200. The average Bonchev–Trinajstić information content (AvgIpc) is 1.85. The first kappa shape index (κ1) is 5.92. The molecular weight excluding hydrogens is 128 g/mol. The second-order valence-electron chi connectivity index (χ2n) is 2.72. The lowest BCUT2D eigenvalue weighted by Gasteiger charge is -2.49. The number of hydrogen-bond donors (Lipinski definition) is 1. The van der Waals surface area contributed by atoms with E-state index in [4.69, 9.17) is 5.73 Å². The van der Waals surface area contributed by atoms with Gasteiger partial charge in [0.2, 0.25) is 5.91 Å². The van der Waals surface area contributed by atoms with Gasteiger partial charge in [-0.3, -0.25) is 4.79 Å². The van der Waals surface area contributed by atoms with Crippen molar-refractivity contribution in [3.63, 3.8) is 0 Å². The van der Waals surface area contributed by atoms with E-state index >= 15 is 0 Å². The van der Waals surface area contributed by atoms with Crippen molar-refractivity contribution in [2.75, 3.05) is 13.1 Å². The van der Waals surface area contributed by atoms with E-state index in [-0.39, 0.29) is 11.8 Å². The van der Waals surface area contributed by atoms with Gasteiger partial charge in [0.25, 0.3) is 0 Å². The molecule has 54 valence electrons. The van der Waals surface area contributed by atoms with Crippen LogP contribution in [0.3, 0.4) is 0 Å². The van der Waals surface area contributed by atoms with Crippen LogP contribution in [0.15, 0.2) is 12.2 Å². The number of β-lactam (4-membered cyclic amide) rings is 1. The summed E-state index contributed by atoms with van der Waals surface area (Å²) in [6.07, 6.45) is 4.02. The van der Waals surface area contributed by atoms with Crippen LogP contribution < -0.4 is 5.73 Å². The maximum absolute atomic E-state index is 11.0. The van der Waals surface area contributed by atoms with E-state index in [0.29, 0.717) is 19.1 Å². The number of fused-ring (bicyclic) bond motifs is 1. The summed E-state index contributed by atoms with van der Waals surface area (Å²) in [7, 11) is 0. The number of nitrogens with zero attached hydrogens (tertiary/aromatic N) is 1. The lowest BCUT2D eigenvalue weighted by atomic mass is 9.78. The summed E-state index contributed by atoms with van der Waals surface area (Å²) in [4.78, 5) is 12.9. The van der Waals surface area contributed by atoms with Gasteiger partial charge < -0.3 is 10.6 Å². The normalized spacial score (nSPS) is 34.9. The summed E-state index contributed by atoms with van der Waals surface area (Å²) >= 11 is 0. The van der Waals surface area contributed by atoms with Crippen molar-refractivity contribution in [3.8, 4) is 0 Å². The van der Waals surface area contributed by atoms with Gasteiger partial charge in [0, 0.05) is 13.1 Å². The summed E-state index contributed by atoms with van der Waals surface area (Å²) in [5.74, 6) is 0.463. The Labute approximate surface area is 59.5 Å². The molecule has 1 saturated heterocycles. The zero-order valence-corrected chi connectivity index (χ0v) is 5.66. The Hall–Kier alpha value is -0.830. The number of rotatable bonds is 2. The van der Waals surface area contributed by atoms with E-state index in [1.54, 1.807) is 0 Å². The molecule has 0 bridgehead atoms. The SMILES string of the molecule is NCCN1C(=O)[C@@H]2C=CC21. The smallest absolute Gasteiger partial charge is 0.232 e. The summed E-state index contributed by atoms with van der Waals surface area (Å²) < 4.78 is 0. The van der Waals surface area contributed by atoms with Gasteiger partial charge in [-0.05, 0) is 0 Å². The van der Waals surface area contributed by atoms with E-state index in [9.17, 15) is 4.79 Å². The molecular formula is C7H10N2O. The van der Waals surface area contributed by atoms with Crippen LogP contribution in [0.25, 0.3) is 0 Å². The molecule has 1 fully saturated rings. The minimum Gasteiger partial charge on any atom is -0.333 e. The van der Waals surface area contributed by atoms with Crippen LogP contribution in [0.4, 0.5) is 0 Å². The molecule has 1 heterocycles. The van der Waals surface area contributed by atoms with Gasteiger partial charge in [0.05, 0.1) is 12.0 Å². The van der Waals surface area contributed by atoms with Crippen LogP contribution in [0.2, 0.25) is 0 Å². The van der Waals surface area contributed by atoms with Crippen LogP contribution in [-0.4, -0.2) is 29.9 Å². The molecule has 2 atom stereocenters. The number of hydrogen-bond acceptors (Lipinski definition) is 2. The lowest BCUT2D eigenvalue weighted by molar-refractivity contribution is -0.151. The number of likely N-dealkylation sites (tertiary alicyclic amines) is 1.